The molecule has 1 aliphatic rings. The lowest BCUT2D eigenvalue weighted by Gasteiger charge is -2.33. The normalized spacial score (nSPS) is 13.8. The molecule has 0 aromatic heterocycles. The Balaban J connectivity index is 1.53. The molecule has 3 rings (SSSR count). The summed E-state index contributed by atoms with van der Waals surface area (Å²) in [5.74, 6) is -1.11. The number of esters is 1. The van der Waals surface area contributed by atoms with Crippen LogP contribution in [0.3, 0.4) is 0 Å². The van der Waals surface area contributed by atoms with Crippen molar-refractivity contribution >= 4 is 33.7 Å². The Morgan fingerprint density at radius 3 is 2.06 bits per heavy atom. The summed E-state index contributed by atoms with van der Waals surface area (Å²) in [5.41, 5.74) is 0.633. The molecule has 2 amide bonds. The van der Waals surface area contributed by atoms with E-state index in [1.807, 2.05) is 0 Å². The van der Waals surface area contributed by atoms with E-state index < -0.39 is 28.7 Å². The van der Waals surface area contributed by atoms with E-state index in [9.17, 15) is 22.8 Å². The molecule has 0 saturated carbocycles. The molecule has 1 saturated heterocycles. The zero-order valence-electron chi connectivity index (χ0n) is 19.0. The van der Waals surface area contributed by atoms with Crippen LogP contribution in [0, 0.1) is 0 Å². The van der Waals surface area contributed by atoms with Crippen molar-refractivity contribution in [3.63, 3.8) is 0 Å². The third-order valence-electron chi connectivity index (χ3n) is 5.35. The topological polar surface area (TPSA) is 114 Å². The zero-order valence-corrected chi connectivity index (χ0v) is 19.9. The van der Waals surface area contributed by atoms with Gasteiger partial charge in [-0.2, -0.15) is 0 Å². The third-order valence-corrected chi connectivity index (χ3v) is 7.15. The number of hydrogen-bond donors (Lipinski definition) is 0. The van der Waals surface area contributed by atoms with Crippen LogP contribution in [0.25, 0.3) is 0 Å². The number of para-hydroxylation sites is 1. The van der Waals surface area contributed by atoms with Gasteiger partial charge in [-0.3, -0.25) is 9.10 Å². The Labute approximate surface area is 198 Å². The molecule has 182 valence electrons. The molecule has 0 spiro atoms. The number of rotatable bonds is 7. The SMILES string of the molecule is CCOC(=O)N1CCN(C(=O)COC(=O)c2ccc(S(=O)(=O)N(C)c3ccccc3)cc2)CC1. The maximum Gasteiger partial charge on any atom is 0.409 e. The number of amides is 2. The molecule has 1 aliphatic heterocycles. The quantitative estimate of drug-likeness (QED) is 0.547. The fraction of sp³-hybridized carbons (Fsp3) is 0.348. The molecular weight excluding hydrogens is 462 g/mol. The van der Waals surface area contributed by atoms with Crippen molar-refractivity contribution in [1.82, 2.24) is 9.80 Å². The van der Waals surface area contributed by atoms with Gasteiger partial charge in [0.05, 0.1) is 22.8 Å². The van der Waals surface area contributed by atoms with E-state index in [-0.39, 0.29) is 23.0 Å². The minimum atomic E-state index is -3.81. The molecule has 2 aromatic carbocycles. The van der Waals surface area contributed by atoms with Gasteiger partial charge in [-0.25, -0.2) is 18.0 Å². The molecule has 1 heterocycles. The summed E-state index contributed by atoms with van der Waals surface area (Å²) in [7, 11) is -2.36. The Kier molecular flexibility index (Phi) is 8.11. The van der Waals surface area contributed by atoms with Crippen LogP contribution in [0.4, 0.5) is 10.5 Å². The Bertz CT molecular complexity index is 1110. The highest BCUT2D eigenvalue weighted by atomic mass is 32.2. The van der Waals surface area contributed by atoms with E-state index in [1.165, 1.54) is 41.1 Å². The van der Waals surface area contributed by atoms with Crippen molar-refractivity contribution in [1.29, 1.82) is 0 Å². The van der Waals surface area contributed by atoms with E-state index in [0.29, 0.717) is 31.9 Å². The minimum absolute atomic E-state index is 0.0194. The van der Waals surface area contributed by atoms with Crippen LogP contribution in [0.15, 0.2) is 59.5 Å². The van der Waals surface area contributed by atoms with Crippen LogP contribution in [-0.4, -0.2) is 82.6 Å². The molecule has 1 fully saturated rings. The summed E-state index contributed by atoms with van der Waals surface area (Å²) in [6, 6.07) is 14.0. The van der Waals surface area contributed by atoms with Crippen molar-refractivity contribution in [2.45, 2.75) is 11.8 Å². The van der Waals surface area contributed by atoms with Crippen LogP contribution < -0.4 is 4.31 Å². The number of sulfonamides is 1. The summed E-state index contributed by atoms with van der Waals surface area (Å²) in [4.78, 5) is 39.5. The van der Waals surface area contributed by atoms with E-state index >= 15 is 0 Å². The first-order valence-corrected chi connectivity index (χ1v) is 12.2. The van der Waals surface area contributed by atoms with Gasteiger partial charge in [0.2, 0.25) is 0 Å². The second kappa shape index (κ2) is 11.0. The first-order chi connectivity index (χ1) is 16.2. The van der Waals surface area contributed by atoms with Crippen molar-refractivity contribution in [2.24, 2.45) is 0 Å². The lowest BCUT2D eigenvalue weighted by molar-refractivity contribution is -0.136. The van der Waals surface area contributed by atoms with E-state index in [2.05, 4.69) is 0 Å². The third kappa shape index (κ3) is 5.84. The number of benzene rings is 2. The summed E-state index contributed by atoms with van der Waals surface area (Å²) >= 11 is 0. The van der Waals surface area contributed by atoms with Gasteiger partial charge in [0.1, 0.15) is 0 Å². The van der Waals surface area contributed by atoms with Crippen LogP contribution in [0.5, 0.6) is 0 Å². The number of carbonyl (C=O) groups excluding carboxylic acids is 3. The molecule has 10 nitrogen and oxygen atoms in total. The monoisotopic (exact) mass is 489 g/mol. The molecule has 0 radical (unpaired) electrons. The van der Waals surface area contributed by atoms with Gasteiger partial charge in [0.15, 0.2) is 6.61 Å². The smallest absolute Gasteiger partial charge is 0.409 e. The second-order valence-electron chi connectivity index (χ2n) is 7.48. The number of anilines is 1. The summed E-state index contributed by atoms with van der Waals surface area (Å²) < 4.78 is 36.9. The number of nitrogens with zero attached hydrogens (tertiary/aromatic N) is 3. The van der Waals surface area contributed by atoms with Crippen LogP contribution in [0.1, 0.15) is 17.3 Å². The Morgan fingerprint density at radius 2 is 1.47 bits per heavy atom. The highest BCUT2D eigenvalue weighted by Gasteiger charge is 2.26. The minimum Gasteiger partial charge on any atom is -0.452 e. The number of hydrogen-bond acceptors (Lipinski definition) is 7. The fourth-order valence-electron chi connectivity index (χ4n) is 3.35. The van der Waals surface area contributed by atoms with Gasteiger partial charge in [0, 0.05) is 33.2 Å². The molecule has 11 heteroatoms. The van der Waals surface area contributed by atoms with Crippen molar-refractivity contribution in [3.8, 4) is 0 Å². The van der Waals surface area contributed by atoms with Crippen LogP contribution in [0.2, 0.25) is 0 Å². The number of carbonyl (C=O) groups is 3. The van der Waals surface area contributed by atoms with Gasteiger partial charge in [0.25, 0.3) is 15.9 Å². The molecule has 2 aromatic rings. The lowest BCUT2D eigenvalue weighted by Crippen LogP contribution is -2.51. The van der Waals surface area contributed by atoms with Crippen molar-refractivity contribution in [3.05, 3.63) is 60.2 Å². The van der Waals surface area contributed by atoms with Crippen molar-refractivity contribution < 1.29 is 32.3 Å². The van der Waals surface area contributed by atoms with Gasteiger partial charge >= 0.3 is 12.1 Å². The maximum atomic E-state index is 12.8. The average Bonchev–Trinajstić information content (AvgIpc) is 2.87. The molecule has 0 unspecified atom stereocenters. The first-order valence-electron chi connectivity index (χ1n) is 10.7. The molecule has 0 aliphatic carbocycles. The van der Waals surface area contributed by atoms with Gasteiger partial charge in [-0.1, -0.05) is 18.2 Å². The molecule has 0 bridgehead atoms. The standard InChI is InChI=1S/C23H27N3O7S/c1-3-32-23(29)26-15-13-25(14-16-26)21(27)17-33-22(28)18-9-11-20(12-10-18)34(30,31)24(2)19-7-5-4-6-8-19/h4-12H,3,13-17H2,1-2H3. The maximum absolute atomic E-state index is 12.8. The summed E-state index contributed by atoms with van der Waals surface area (Å²) in [6.45, 7) is 2.87. The number of ether oxygens (including phenoxy) is 2. The Hall–Kier alpha value is -3.60. The average molecular weight is 490 g/mol. The van der Waals surface area contributed by atoms with Crippen molar-refractivity contribution in [2.75, 3.05) is 50.7 Å². The predicted octanol–water partition coefficient (Wildman–Crippen LogP) is 1.97. The van der Waals surface area contributed by atoms with E-state index in [0.717, 1.165) is 4.31 Å². The summed E-state index contributed by atoms with van der Waals surface area (Å²) in [5, 5.41) is 0. The summed E-state index contributed by atoms with van der Waals surface area (Å²) in [6.07, 6.45) is -0.415. The molecule has 0 atom stereocenters. The lowest BCUT2D eigenvalue weighted by atomic mass is 10.2. The first kappa shape index (κ1) is 25.0. The van der Waals surface area contributed by atoms with E-state index in [4.69, 9.17) is 9.47 Å². The molecular formula is C23H27N3O7S. The Morgan fingerprint density at radius 1 is 0.882 bits per heavy atom. The largest absolute Gasteiger partial charge is 0.452 e. The van der Waals surface area contributed by atoms with E-state index in [1.54, 1.807) is 37.3 Å². The molecule has 0 N–H and O–H groups in total. The van der Waals surface area contributed by atoms with Gasteiger partial charge in [-0.15, -0.1) is 0 Å². The second-order valence-corrected chi connectivity index (χ2v) is 9.44. The van der Waals surface area contributed by atoms with Crippen LogP contribution in [-0.2, 0) is 24.3 Å². The van der Waals surface area contributed by atoms with Gasteiger partial charge in [-0.05, 0) is 43.3 Å². The predicted molar refractivity (Wildman–Crippen MR) is 124 cm³/mol. The molecule has 34 heavy (non-hydrogen) atoms. The highest BCUT2D eigenvalue weighted by molar-refractivity contribution is 7.92. The fourth-order valence-corrected chi connectivity index (χ4v) is 4.55. The number of piperazine rings is 1. The van der Waals surface area contributed by atoms with Gasteiger partial charge < -0.3 is 19.3 Å². The zero-order chi connectivity index (χ0) is 24.7. The highest BCUT2D eigenvalue weighted by Crippen LogP contribution is 2.22. The van der Waals surface area contributed by atoms with Crippen LogP contribution >= 0.6 is 0 Å².